The van der Waals surface area contributed by atoms with Crippen LogP contribution in [0.1, 0.15) is 42.5 Å². The summed E-state index contributed by atoms with van der Waals surface area (Å²) >= 11 is 6.53. The van der Waals surface area contributed by atoms with Crippen LogP contribution in [0, 0.1) is 6.92 Å². The van der Waals surface area contributed by atoms with Gasteiger partial charge in [0.1, 0.15) is 12.2 Å². The number of carbonyl (C=O) groups is 3. The fraction of sp³-hybridized carbons (Fsp3) is 0.281. The Morgan fingerprint density at radius 1 is 0.881 bits per heavy atom. The smallest absolute Gasteiger partial charge is 0.331 e. The molecule has 10 heteroatoms. The number of aryl methyl sites for hydroxylation is 1. The summed E-state index contributed by atoms with van der Waals surface area (Å²) in [7, 11) is 1.47. The average Bonchev–Trinajstić information content (AvgIpc) is 2.97. The molecule has 1 saturated heterocycles. The van der Waals surface area contributed by atoms with Gasteiger partial charge in [0.15, 0.2) is 23.0 Å². The Balaban J connectivity index is 1.57. The third-order valence-corrected chi connectivity index (χ3v) is 6.64. The number of hydrogen-bond acceptors (Lipinski definition) is 7. The lowest BCUT2D eigenvalue weighted by atomic mass is 10.1. The number of carbonyl (C=O) groups excluding carboxylic acids is 3. The predicted octanol–water partition coefficient (Wildman–Crippen LogP) is 6.09. The highest BCUT2D eigenvalue weighted by Crippen LogP contribution is 2.38. The van der Waals surface area contributed by atoms with Crippen molar-refractivity contribution in [1.29, 1.82) is 0 Å². The van der Waals surface area contributed by atoms with Crippen LogP contribution < -0.4 is 24.3 Å². The highest BCUT2D eigenvalue weighted by atomic mass is 35.5. The molecule has 1 aliphatic heterocycles. The number of ether oxygens (including phenoxy) is 4. The zero-order valence-electron chi connectivity index (χ0n) is 24.0. The van der Waals surface area contributed by atoms with Crippen LogP contribution in [0.4, 0.5) is 4.79 Å². The SMILES string of the molecule is CCCOc1ccc(CN2C(=O)NC(=O)/C(=C\c3cc(Cl)c(OCc4ccc(C)cc4)c(OC)c3)C2=O)cc1OCC. The molecule has 1 N–H and O–H groups in total. The largest absolute Gasteiger partial charge is 0.493 e. The van der Waals surface area contributed by atoms with Crippen molar-refractivity contribution in [3.8, 4) is 23.0 Å². The molecule has 0 spiro atoms. The van der Waals surface area contributed by atoms with E-state index in [1.54, 1.807) is 30.3 Å². The molecule has 0 bridgehead atoms. The van der Waals surface area contributed by atoms with Crippen LogP contribution in [0.25, 0.3) is 6.08 Å². The van der Waals surface area contributed by atoms with Crippen molar-refractivity contribution in [2.24, 2.45) is 0 Å². The zero-order chi connectivity index (χ0) is 30.2. The molecule has 9 nitrogen and oxygen atoms in total. The van der Waals surface area contributed by atoms with Crippen LogP contribution in [0.15, 0.2) is 60.2 Å². The van der Waals surface area contributed by atoms with Crippen molar-refractivity contribution in [3.63, 3.8) is 0 Å². The Bertz CT molecular complexity index is 1500. The number of urea groups is 1. The highest BCUT2D eigenvalue weighted by molar-refractivity contribution is 6.33. The number of methoxy groups -OCH3 is 1. The van der Waals surface area contributed by atoms with E-state index in [-0.39, 0.29) is 23.7 Å². The quantitative estimate of drug-likeness (QED) is 0.201. The normalized spacial score (nSPS) is 14.2. The van der Waals surface area contributed by atoms with E-state index in [0.29, 0.717) is 47.3 Å². The Hall–Kier alpha value is -4.50. The molecule has 220 valence electrons. The lowest BCUT2D eigenvalue weighted by molar-refractivity contribution is -0.130. The first-order chi connectivity index (χ1) is 20.2. The molecular formula is C32H33ClN2O7. The summed E-state index contributed by atoms with van der Waals surface area (Å²) in [5, 5.41) is 2.48. The highest BCUT2D eigenvalue weighted by Gasteiger charge is 2.36. The molecule has 1 heterocycles. The third-order valence-electron chi connectivity index (χ3n) is 6.36. The van der Waals surface area contributed by atoms with Gasteiger partial charge in [-0.3, -0.25) is 19.8 Å². The lowest BCUT2D eigenvalue weighted by Gasteiger charge is -2.26. The van der Waals surface area contributed by atoms with Gasteiger partial charge in [0.05, 0.1) is 31.9 Å². The van der Waals surface area contributed by atoms with E-state index >= 15 is 0 Å². The lowest BCUT2D eigenvalue weighted by Crippen LogP contribution is -2.53. The summed E-state index contributed by atoms with van der Waals surface area (Å²) in [6, 6.07) is 15.4. The minimum absolute atomic E-state index is 0.0840. The van der Waals surface area contributed by atoms with Gasteiger partial charge in [0.25, 0.3) is 11.8 Å². The second-order valence-corrected chi connectivity index (χ2v) is 9.99. The van der Waals surface area contributed by atoms with Gasteiger partial charge in [0.2, 0.25) is 0 Å². The number of halogens is 1. The van der Waals surface area contributed by atoms with Crippen molar-refractivity contribution in [2.45, 2.75) is 40.3 Å². The molecule has 4 rings (SSSR count). The first kappa shape index (κ1) is 30.5. The van der Waals surface area contributed by atoms with E-state index in [4.69, 9.17) is 30.5 Å². The van der Waals surface area contributed by atoms with Gasteiger partial charge in [0, 0.05) is 0 Å². The fourth-order valence-corrected chi connectivity index (χ4v) is 4.51. The van der Waals surface area contributed by atoms with Gasteiger partial charge in [-0.25, -0.2) is 4.79 Å². The van der Waals surface area contributed by atoms with Crippen molar-refractivity contribution in [1.82, 2.24) is 10.2 Å². The number of imide groups is 2. The molecule has 0 atom stereocenters. The van der Waals surface area contributed by atoms with Gasteiger partial charge in [-0.15, -0.1) is 0 Å². The van der Waals surface area contributed by atoms with Crippen molar-refractivity contribution >= 4 is 35.5 Å². The number of benzene rings is 3. The van der Waals surface area contributed by atoms with Gasteiger partial charge >= 0.3 is 6.03 Å². The standard InChI is InChI=1S/C32H33ClN2O7/c1-5-13-41-26-12-11-22(16-27(26)40-6-2)18-35-31(37)24(30(36)34-32(35)38)14-23-15-25(33)29(28(17-23)39-4)42-19-21-9-7-20(3)8-10-21/h7-12,14-17H,5-6,13,18-19H2,1-4H3,(H,34,36,38)/b24-14+. The van der Waals surface area contributed by atoms with E-state index in [1.165, 1.54) is 13.2 Å². The number of nitrogens with one attached hydrogen (secondary N) is 1. The van der Waals surface area contributed by atoms with Crippen LogP contribution in [0.3, 0.4) is 0 Å². The van der Waals surface area contributed by atoms with E-state index in [2.05, 4.69) is 5.32 Å². The first-order valence-electron chi connectivity index (χ1n) is 13.6. The maximum absolute atomic E-state index is 13.4. The van der Waals surface area contributed by atoms with Crippen molar-refractivity contribution < 1.29 is 33.3 Å². The molecule has 1 aliphatic rings. The molecule has 42 heavy (non-hydrogen) atoms. The monoisotopic (exact) mass is 592 g/mol. The number of amides is 4. The van der Waals surface area contributed by atoms with Crippen LogP contribution in [-0.4, -0.2) is 43.1 Å². The van der Waals surface area contributed by atoms with Gasteiger partial charge in [-0.05, 0) is 67.3 Å². The molecule has 0 aliphatic carbocycles. The summed E-state index contributed by atoms with van der Waals surface area (Å²) < 4.78 is 22.8. The second kappa shape index (κ2) is 13.9. The summed E-state index contributed by atoms with van der Waals surface area (Å²) in [5.74, 6) is 0.176. The molecule has 0 unspecified atom stereocenters. The van der Waals surface area contributed by atoms with E-state index < -0.39 is 17.8 Å². The molecule has 0 aromatic heterocycles. The molecule has 0 saturated carbocycles. The summed E-state index contributed by atoms with van der Waals surface area (Å²) in [4.78, 5) is 39.7. The van der Waals surface area contributed by atoms with Gasteiger partial charge in [-0.1, -0.05) is 54.4 Å². The maximum atomic E-state index is 13.4. The zero-order valence-corrected chi connectivity index (χ0v) is 24.7. The van der Waals surface area contributed by atoms with Gasteiger partial charge < -0.3 is 18.9 Å². The fourth-order valence-electron chi connectivity index (χ4n) is 4.24. The van der Waals surface area contributed by atoms with Crippen LogP contribution in [0.5, 0.6) is 23.0 Å². The van der Waals surface area contributed by atoms with Crippen molar-refractivity contribution in [3.05, 3.63) is 87.4 Å². The number of barbiturate groups is 1. The van der Waals surface area contributed by atoms with E-state index in [9.17, 15) is 14.4 Å². The number of hydrogen-bond donors (Lipinski definition) is 1. The van der Waals surface area contributed by atoms with Crippen LogP contribution in [-0.2, 0) is 22.7 Å². The summed E-state index contributed by atoms with van der Waals surface area (Å²) in [6.45, 7) is 6.98. The minimum Gasteiger partial charge on any atom is -0.493 e. The summed E-state index contributed by atoms with van der Waals surface area (Å²) in [6.07, 6.45) is 2.20. The summed E-state index contributed by atoms with van der Waals surface area (Å²) in [5.41, 5.74) is 2.91. The molecule has 3 aromatic rings. The topological polar surface area (TPSA) is 103 Å². The Labute approximate surface area is 250 Å². The molecule has 4 amide bonds. The predicted molar refractivity (Wildman–Crippen MR) is 159 cm³/mol. The number of nitrogens with zero attached hydrogens (tertiary/aromatic N) is 1. The molecule has 3 aromatic carbocycles. The Morgan fingerprint density at radius 2 is 1.62 bits per heavy atom. The second-order valence-electron chi connectivity index (χ2n) is 9.58. The van der Waals surface area contributed by atoms with Gasteiger partial charge in [-0.2, -0.15) is 0 Å². The minimum atomic E-state index is -0.818. The Morgan fingerprint density at radius 3 is 2.31 bits per heavy atom. The first-order valence-corrected chi connectivity index (χ1v) is 13.9. The molecular weight excluding hydrogens is 560 g/mol. The Kier molecular flexibility index (Phi) is 10.1. The van der Waals surface area contributed by atoms with Crippen LogP contribution >= 0.6 is 11.6 Å². The average molecular weight is 593 g/mol. The van der Waals surface area contributed by atoms with E-state index in [0.717, 1.165) is 22.4 Å². The third kappa shape index (κ3) is 7.22. The van der Waals surface area contributed by atoms with Crippen molar-refractivity contribution in [2.75, 3.05) is 20.3 Å². The van der Waals surface area contributed by atoms with Crippen LogP contribution in [0.2, 0.25) is 5.02 Å². The maximum Gasteiger partial charge on any atom is 0.331 e. The molecule has 0 radical (unpaired) electrons. The van der Waals surface area contributed by atoms with E-state index in [1.807, 2.05) is 45.0 Å². The number of rotatable bonds is 12. The molecule has 1 fully saturated rings.